The van der Waals surface area contributed by atoms with Crippen LogP contribution < -0.4 is 4.90 Å². The minimum atomic E-state index is 0.151. The zero-order valence-corrected chi connectivity index (χ0v) is 8.60. The number of nitriles is 1. The van der Waals surface area contributed by atoms with Crippen LogP contribution in [0.25, 0.3) is 0 Å². The number of hydrogen-bond donors (Lipinski definition) is 0. The summed E-state index contributed by atoms with van der Waals surface area (Å²) in [5.74, 6) is 0.556. The van der Waals surface area contributed by atoms with E-state index in [4.69, 9.17) is 5.26 Å². The van der Waals surface area contributed by atoms with E-state index in [0.29, 0.717) is 17.9 Å². The van der Waals surface area contributed by atoms with Crippen molar-refractivity contribution in [3.05, 3.63) is 29.8 Å². The Balaban J connectivity index is 2.30. The second-order valence-corrected chi connectivity index (χ2v) is 3.98. The first-order valence-corrected chi connectivity index (χ1v) is 5.01. The molecule has 0 aromatic heterocycles. The standard InChI is InChI=1S/C12H12N2O/c1-9-5-12(15)14(8-9)11-4-2-3-10(6-11)7-13/h2-4,6,9H,5,8H2,1H3. The van der Waals surface area contributed by atoms with E-state index in [9.17, 15) is 4.79 Å². The molecule has 0 N–H and O–H groups in total. The fourth-order valence-electron chi connectivity index (χ4n) is 1.88. The third-order valence-corrected chi connectivity index (χ3v) is 2.61. The topological polar surface area (TPSA) is 44.1 Å². The maximum Gasteiger partial charge on any atom is 0.227 e. The van der Waals surface area contributed by atoms with E-state index in [1.165, 1.54) is 0 Å². The molecule has 76 valence electrons. The highest BCUT2D eigenvalue weighted by molar-refractivity contribution is 5.95. The molecule has 0 spiro atoms. The highest BCUT2D eigenvalue weighted by atomic mass is 16.2. The first-order valence-electron chi connectivity index (χ1n) is 5.01. The van der Waals surface area contributed by atoms with Crippen LogP contribution in [0.1, 0.15) is 18.9 Å². The van der Waals surface area contributed by atoms with E-state index in [-0.39, 0.29) is 5.91 Å². The van der Waals surface area contributed by atoms with Gasteiger partial charge in [0.05, 0.1) is 11.6 Å². The minimum absolute atomic E-state index is 0.151. The van der Waals surface area contributed by atoms with Crippen LogP contribution in [0.15, 0.2) is 24.3 Å². The van der Waals surface area contributed by atoms with Crippen LogP contribution >= 0.6 is 0 Å². The molecule has 1 fully saturated rings. The van der Waals surface area contributed by atoms with Crippen LogP contribution in [0.5, 0.6) is 0 Å². The van der Waals surface area contributed by atoms with E-state index in [0.717, 1.165) is 12.2 Å². The predicted molar refractivity (Wildman–Crippen MR) is 57.3 cm³/mol. The van der Waals surface area contributed by atoms with Gasteiger partial charge in [-0.2, -0.15) is 5.26 Å². The maximum atomic E-state index is 11.6. The Labute approximate surface area is 88.9 Å². The molecule has 1 unspecified atom stereocenters. The summed E-state index contributed by atoms with van der Waals surface area (Å²) in [5.41, 5.74) is 1.43. The van der Waals surface area contributed by atoms with Crippen molar-refractivity contribution in [3.63, 3.8) is 0 Å². The van der Waals surface area contributed by atoms with Crippen molar-refractivity contribution in [2.75, 3.05) is 11.4 Å². The van der Waals surface area contributed by atoms with Gasteiger partial charge in [0.1, 0.15) is 0 Å². The molecule has 0 aliphatic carbocycles. The number of carbonyl (C=O) groups is 1. The molecular weight excluding hydrogens is 188 g/mol. The molecule has 1 aromatic carbocycles. The van der Waals surface area contributed by atoms with Gasteiger partial charge in [-0.05, 0) is 24.1 Å². The van der Waals surface area contributed by atoms with E-state index in [2.05, 4.69) is 13.0 Å². The predicted octanol–water partition coefficient (Wildman–Crippen LogP) is 1.93. The second-order valence-electron chi connectivity index (χ2n) is 3.98. The van der Waals surface area contributed by atoms with E-state index in [1.807, 2.05) is 12.1 Å². The summed E-state index contributed by atoms with van der Waals surface area (Å²) in [6, 6.07) is 9.26. The fourth-order valence-corrected chi connectivity index (χ4v) is 1.88. The van der Waals surface area contributed by atoms with E-state index >= 15 is 0 Å². The summed E-state index contributed by atoms with van der Waals surface area (Å²) < 4.78 is 0. The second kappa shape index (κ2) is 3.74. The number of amides is 1. The molecule has 0 saturated carbocycles. The minimum Gasteiger partial charge on any atom is -0.312 e. The van der Waals surface area contributed by atoms with Crippen molar-refractivity contribution in [1.82, 2.24) is 0 Å². The number of rotatable bonds is 1. The van der Waals surface area contributed by atoms with Gasteiger partial charge in [-0.3, -0.25) is 4.79 Å². The van der Waals surface area contributed by atoms with Gasteiger partial charge in [0.15, 0.2) is 0 Å². The van der Waals surface area contributed by atoms with Crippen molar-refractivity contribution in [2.24, 2.45) is 5.92 Å². The van der Waals surface area contributed by atoms with Crippen LogP contribution in [-0.4, -0.2) is 12.5 Å². The Kier molecular flexibility index (Phi) is 2.42. The Bertz CT molecular complexity index is 433. The van der Waals surface area contributed by atoms with Crippen molar-refractivity contribution >= 4 is 11.6 Å². The molecule has 1 heterocycles. The van der Waals surface area contributed by atoms with Crippen LogP contribution in [0.4, 0.5) is 5.69 Å². The summed E-state index contributed by atoms with van der Waals surface area (Å²) in [4.78, 5) is 13.4. The molecule has 2 rings (SSSR count). The molecule has 0 radical (unpaired) electrons. The van der Waals surface area contributed by atoms with Gasteiger partial charge in [-0.15, -0.1) is 0 Å². The highest BCUT2D eigenvalue weighted by Crippen LogP contribution is 2.25. The number of nitrogens with zero attached hydrogens (tertiary/aromatic N) is 2. The number of hydrogen-bond acceptors (Lipinski definition) is 2. The zero-order valence-electron chi connectivity index (χ0n) is 8.60. The average Bonchev–Trinajstić information content (AvgIpc) is 2.58. The van der Waals surface area contributed by atoms with Crippen molar-refractivity contribution < 1.29 is 4.79 Å². The molecule has 1 aliphatic heterocycles. The molecule has 3 nitrogen and oxygen atoms in total. The van der Waals surface area contributed by atoms with Gasteiger partial charge in [0.25, 0.3) is 0 Å². The summed E-state index contributed by atoms with van der Waals surface area (Å²) in [7, 11) is 0. The number of benzene rings is 1. The molecule has 1 saturated heterocycles. The molecule has 1 aliphatic rings. The van der Waals surface area contributed by atoms with Crippen molar-refractivity contribution in [1.29, 1.82) is 5.26 Å². The van der Waals surface area contributed by atoms with E-state index in [1.54, 1.807) is 17.0 Å². The molecule has 1 atom stereocenters. The first kappa shape index (κ1) is 9.72. The van der Waals surface area contributed by atoms with Gasteiger partial charge in [0, 0.05) is 18.7 Å². The highest BCUT2D eigenvalue weighted by Gasteiger charge is 2.27. The molecule has 1 aromatic rings. The van der Waals surface area contributed by atoms with Crippen molar-refractivity contribution in [2.45, 2.75) is 13.3 Å². The lowest BCUT2D eigenvalue weighted by atomic mass is 10.2. The lowest BCUT2D eigenvalue weighted by Crippen LogP contribution is -2.24. The lowest BCUT2D eigenvalue weighted by molar-refractivity contribution is -0.117. The van der Waals surface area contributed by atoms with Gasteiger partial charge in [-0.1, -0.05) is 13.0 Å². The lowest BCUT2D eigenvalue weighted by Gasteiger charge is -2.16. The van der Waals surface area contributed by atoms with Gasteiger partial charge in [-0.25, -0.2) is 0 Å². The summed E-state index contributed by atoms with van der Waals surface area (Å²) >= 11 is 0. The molecule has 3 heteroatoms. The van der Waals surface area contributed by atoms with Gasteiger partial charge < -0.3 is 4.90 Å². The third kappa shape index (κ3) is 1.84. The zero-order chi connectivity index (χ0) is 10.8. The number of anilines is 1. The SMILES string of the molecule is CC1CC(=O)N(c2cccc(C#N)c2)C1. The van der Waals surface area contributed by atoms with Crippen LogP contribution in [0.3, 0.4) is 0 Å². The molecule has 15 heavy (non-hydrogen) atoms. The molecule has 0 bridgehead atoms. The van der Waals surface area contributed by atoms with Crippen LogP contribution in [0.2, 0.25) is 0 Å². The third-order valence-electron chi connectivity index (χ3n) is 2.61. The van der Waals surface area contributed by atoms with Gasteiger partial charge >= 0.3 is 0 Å². The Morgan fingerprint density at radius 1 is 1.53 bits per heavy atom. The van der Waals surface area contributed by atoms with Crippen molar-refractivity contribution in [3.8, 4) is 6.07 Å². The molecular formula is C12H12N2O. The Hall–Kier alpha value is -1.82. The molecule has 1 amide bonds. The normalized spacial score (nSPS) is 20.4. The quantitative estimate of drug-likeness (QED) is 0.695. The fraction of sp³-hybridized carbons (Fsp3) is 0.333. The Morgan fingerprint density at radius 2 is 2.33 bits per heavy atom. The smallest absolute Gasteiger partial charge is 0.227 e. The maximum absolute atomic E-state index is 11.6. The average molecular weight is 200 g/mol. The van der Waals surface area contributed by atoms with E-state index < -0.39 is 0 Å². The monoisotopic (exact) mass is 200 g/mol. The summed E-state index contributed by atoms with van der Waals surface area (Å²) in [6.45, 7) is 2.82. The van der Waals surface area contributed by atoms with Crippen LogP contribution in [-0.2, 0) is 4.79 Å². The first-order chi connectivity index (χ1) is 7.20. The van der Waals surface area contributed by atoms with Crippen LogP contribution in [0, 0.1) is 17.2 Å². The number of carbonyl (C=O) groups excluding carboxylic acids is 1. The largest absolute Gasteiger partial charge is 0.312 e. The summed E-state index contributed by atoms with van der Waals surface area (Å²) in [6.07, 6.45) is 0.608. The summed E-state index contributed by atoms with van der Waals surface area (Å²) in [5, 5.41) is 8.77. The Morgan fingerprint density at radius 3 is 2.93 bits per heavy atom. The van der Waals surface area contributed by atoms with Gasteiger partial charge in [0.2, 0.25) is 5.91 Å².